The number of ether oxygens (including phenoxy) is 1. The van der Waals surface area contributed by atoms with E-state index < -0.39 is 17.0 Å². The van der Waals surface area contributed by atoms with Gasteiger partial charge in [-0.05, 0) is 12.5 Å². The Kier molecular flexibility index (Phi) is 4.45. The second-order valence-electron chi connectivity index (χ2n) is 3.46. The first kappa shape index (κ1) is 13.0. The second kappa shape index (κ2) is 5.83. The highest BCUT2D eigenvalue weighted by Gasteiger charge is 2.22. The highest BCUT2D eigenvalue weighted by Crippen LogP contribution is 2.27. The van der Waals surface area contributed by atoms with Crippen molar-refractivity contribution in [3.8, 4) is 5.75 Å². The van der Waals surface area contributed by atoms with E-state index >= 15 is 0 Å². The van der Waals surface area contributed by atoms with Gasteiger partial charge in [-0.2, -0.15) is 0 Å². The molecule has 17 heavy (non-hydrogen) atoms. The van der Waals surface area contributed by atoms with E-state index in [1.165, 1.54) is 18.2 Å². The number of carboxylic acids is 1. The molecule has 0 saturated heterocycles. The highest BCUT2D eigenvalue weighted by molar-refractivity contribution is 5.73. The van der Waals surface area contributed by atoms with Gasteiger partial charge in [-0.25, -0.2) is 4.79 Å². The lowest BCUT2D eigenvalue weighted by Gasteiger charge is -2.13. The first-order valence-corrected chi connectivity index (χ1v) is 5.19. The molecule has 0 saturated carbocycles. The molecule has 0 aliphatic rings. The maximum absolute atomic E-state index is 10.9. The number of nitro benzene ring substituents is 1. The van der Waals surface area contributed by atoms with E-state index in [1.54, 1.807) is 6.07 Å². The molecule has 0 radical (unpaired) electrons. The van der Waals surface area contributed by atoms with E-state index in [4.69, 9.17) is 9.84 Å². The zero-order valence-electron chi connectivity index (χ0n) is 9.33. The van der Waals surface area contributed by atoms with Crippen LogP contribution in [0.5, 0.6) is 5.75 Å². The van der Waals surface area contributed by atoms with Crippen LogP contribution in [0.3, 0.4) is 0 Å². The third-order valence-electron chi connectivity index (χ3n) is 2.16. The Hall–Kier alpha value is -2.11. The fraction of sp³-hybridized carbons (Fsp3) is 0.364. The predicted octanol–water partition coefficient (Wildman–Crippen LogP) is 2.23. The lowest BCUT2D eigenvalue weighted by atomic mass is 10.2. The molecule has 1 N–H and O–H groups in total. The van der Waals surface area contributed by atoms with Crippen molar-refractivity contribution >= 4 is 11.7 Å². The number of carboxylic acid groups (broad SMARTS) is 1. The van der Waals surface area contributed by atoms with E-state index in [0.29, 0.717) is 12.8 Å². The van der Waals surface area contributed by atoms with Crippen molar-refractivity contribution in [1.29, 1.82) is 0 Å². The van der Waals surface area contributed by atoms with E-state index in [-0.39, 0.29) is 11.4 Å². The zero-order valence-corrected chi connectivity index (χ0v) is 9.33. The van der Waals surface area contributed by atoms with Crippen molar-refractivity contribution < 1.29 is 19.6 Å². The SMILES string of the molecule is CCCC(Oc1ccccc1[N+](=O)[O-])C(=O)O. The number of benzene rings is 1. The van der Waals surface area contributed by atoms with Gasteiger partial charge < -0.3 is 9.84 Å². The minimum Gasteiger partial charge on any atom is -0.479 e. The quantitative estimate of drug-likeness (QED) is 0.607. The number of aliphatic carboxylic acids is 1. The van der Waals surface area contributed by atoms with Crippen molar-refractivity contribution in [3.05, 3.63) is 34.4 Å². The van der Waals surface area contributed by atoms with Gasteiger partial charge in [0.25, 0.3) is 0 Å². The molecule has 1 unspecified atom stereocenters. The number of hydrogen-bond donors (Lipinski definition) is 1. The molecule has 6 heteroatoms. The molecule has 0 bridgehead atoms. The van der Waals surface area contributed by atoms with Gasteiger partial charge in [0.1, 0.15) is 0 Å². The van der Waals surface area contributed by atoms with Gasteiger partial charge in [-0.3, -0.25) is 10.1 Å². The standard InChI is InChI=1S/C11H13NO5/c1-2-5-10(11(13)14)17-9-7-4-3-6-8(9)12(15)16/h3-4,6-7,10H,2,5H2,1H3,(H,13,14). The Morgan fingerprint density at radius 2 is 2.18 bits per heavy atom. The van der Waals surface area contributed by atoms with Crippen LogP contribution in [0.1, 0.15) is 19.8 Å². The lowest BCUT2D eigenvalue weighted by Crippen LogP contribution is -2.26. The van der Waals surface area contributed by atoms with E-state index in [1.807, 2.05) is 6.92 Å². The van der Waals surface area contributed by atoms with Crippen molar-refractivity contribution in [1.82, 2.24) is 0 Å². The van der Waals surface area contributed by atoms with Gasteiger partial charge >= 0.3 is 11.7 Å². The number of nitrogens with zero attached hydrogens (tertiary/aromatic N) is 1. The van der Waals surface area contributed by atoms with Gasteiger partial charge in [0.05, 0.1) is 4.92 Å². The fourth-order valence-electron chi connectivity index (χ4n) is 1.36. The number of hydrogen-bond acceptors (Lipinski definition) is 4. The molecule has 0 amide bonds. The average Bonchev–Trinajstić information content (AvgIpc) is 2.28. The van der Waals surface area contributed by atoms with Crippen LogP contribution in [0, 0.1) is 10.1 Å². The van der Waals surface area contributed by atoms with Crippen LogP contribution >= 0.6 is 0 Å². The van der Waals surface area contributed by atoms with Crippen molar-refractivity contribution in [2.24, 2.45) is 0 Å². The predicted molar refractivity (Wildman–Crippen MR) is 60.1 cm³/mol. The molecule has 1 aromatic rings. The van der Waals surface area contributed by atoms with Crippen LogP contribution in [0.25, 0.3) is 0 Å². The summed E-state index contributed by atoms with van der Waals surface area (Å²) in [6.07, 6.45) is -0.125. The first-order valence-electron chi connectivity index (χ1n) is 5.19. The highest BCUT2D eigenvalue weighted by atomic mass is 16.6. The summed E-state index contributed by atoms with van der Waals surface area (Å²) in [4.78, 5) is 21.0. The first-order chi connectivity index (χ1) is 8.06. The largest absolute Gasteiger partial charge is 0.479 e. The molecule has 1 atom stereocenters. The maximum Gasteiger partial charge on any atom is 0.344 e. The van der Waals surface area contributed by atoms with Gasteiger partial charge in [0.15, 0.2) is 11.9 Å². The van der Waals surface area contributed by atoms with E-state index in [0.717, 1.165) is 0 Å². The normalized spacial score (nSPS) is 11.8. The lowest BCUT2D eigenvalue weighted by molar-refractivity contribution is -0.386. The molecular weight excluding hydrogens is 226 g/mol. The van der Waals surface area contributed by atoms with Gasteiger partial charge in [0.2, 0.25) is 0 Å². The smallest absolute Gasteiger partial charge is 0.344 e. The molecule has 0 heterocycles. The number of carbonyl (C=O) groups is 1. The maximum atomic E-state index is 10.9. The number of rotatable bonds is 6. The molecule has 0 aliphatic carbocycles. The van der Waals surface area contributed by atoms with Crippen LogP contribution in [0.4, 0.5) is 5.69 Å². The monoisotopic (exact) mass is 239 g/mol. The minimum absolute atomic E-state index is 0.0154. The molecule has 1 aromatic carbocycles. The van der Waals surface area contributed by atoms with Crippen molar-refractivity contribution in [2.75, 3.05) is 0 Å². The molecule has 1 rings (SSSR count). The van der Waals surface area contributed by atoms with Crippen LogP contribution in [-0.4, -0.2) is 22.1 Å². The minimum atomic E-state index is -1.12. The Morgan fingerprint density at radius 3 is 2.71 bits per heavy atom. The molecule has 92 valence electrons. The topological polar surface area (TPSA) is 89.7 Å². The molecule has 0 fully saturated rings. The summed E-state index contributed by atoms with van der Waals surface area (Å²) in [5, 5.41) is 19.6. The molecule has 0 spiro atoms. The molecule has 0 aliphatic heterocycles. The zero-order chi connectivity index (χ0) is 12.8. The van der Waals surface area contributed by atoms with Crippen molar-refractivity contribution in [3.63, 3.8) is 0 Å². The summed E-state index contributed by atoms with van der Waals surface area (Å²) in [7, 11) is 0. The van der Waals surface area contributed by atoms with E-state index in [2.05, 4.69) is 0 Å². The van der Waals surface area contributed by atoms with Gasteiger partial charge in [0, 0.05) is 6.07 Å². The van der Waals surface area contributed by atoms with Crippen molar-refractivity contribution in [2.45, 2.75) is 25.9 Å². The summed E-state index contributed by atoms with van der Waals surface area (Å²) < 4.78 is 5.17. The Bertz CT molecular complexity index is 418. The fourth-order valence-corrected chi connectivity index (χ4v) is 1.36. The van der Waals surface area contributed by atoms with Crippen LogP contribution in [-0.2, 0) is 4.79 Å². The van der Waals surface area contributed by atoms with Gasteiger partial charge in [-0.15, -0.1) is 0 Å². The van der Waals surface area contributed by atoms with E-state index in [9.17, 15) is 14.9 Å². The number of nitro groups is 1. The summed E-state index contributed by atoms with van der Waals surface area (Å²) in [5.41, 5.74) is -0.227. The van der Waals surface area contributed by atoms with Crippen LogP contribution in [0.15, 0.2) is 24.3 Å². The summed E-state index contributed by atoms with van der Waals surface area (Å²) in [5.74, 6) is -1.14. The van der Waals surface area contributed by atoms with Crippen LogP contribution in [0.2, 0.25) is 0 Å². The third-order valence-corrected chi connectivity index (χ3v) is 2.16. The number of para-hydroxylation sites is 2. The summed E-state index contributed by atoms with van der Waals surface area (Å²) in [6, 6.07) is 5.73. The summed E-state index contributed by atoms with van der Waals surface area (Å²) >= 11 is 0. The Morgan fingerprint density at radius 1 is 1.53 bits per heavy atom. The van der Waals surface area contributed by atoms with Gasteiger partial charge in [-0.1, -0.05) is 25.5 Å². The molecule has 0 aromatic heterocycles. The summed E-state index contributed by atoms with van der Waals surface area (Å²) in [6.45, 7) is 1.82. The Balaban J connectivity index is 2.92. The Labute approximate surface area is 98.0 Å². The average molecular weight is 239 g/mol. The second-order valence-corrected chi connectivity index (χ2v) is 3.46. The van der Waals surface area contributed by atoms with Crippen LogP contribution < -0.4 is 4.74 Å². The third kappa shape index (κ3) is 3.44. The molecular formula is C11H13NO5. The molecule has 6 nitrogen and oxygen atoms in total.